The van der Waals surface area contributed by atoms with E-state index in [1.807, 2.05) is 4.72 Å². The molecule has 0 heterocycles. The van der Waals surface area contributed by atoms with Crippen LogP contribution in [0.3, 0.4) is 0 Å². The number of nitrogens with two attached hydrogens (primary N) is 1. The number of sulfonamides is 2. The normalized spacial score (nSPS) is 12.4. The van der Waals surface area contributed by atoms with E-state index in [1.165, 1.54) is 0 Å². The van der Waals surface area contributed by atoms with Crippen molar-refractivity contribution < 1.29 is 21.2 Å². The highest BCUT2D eigenvalue weighted by atomic mass is 32.2. The predicted molar refractivity (Wildman–Crippen MR) is 56.2 cm³/mol. The molecule has 1 rings (SSSR count). The van der Waals surface area contributed by atoms with Crippen LogP contribution in [0.5, 0.6) is 0 Å². The Morgan fingerprint density at radius 2 is 1.75 bits per heavy atom. The van der Waals surface area contributed by atoms with Crippen molar-refractivity contribution in [1.29, 1.82) is 0 Å². The quantitative estimate of drug-likeness (QED) is 0.794. The highest BCUT2D eigenvalue weighted by molar-refractivity contribution is 7.92. The van der Waals surface area contributed by atoms with E-state index >= 15 is 0 Å². The van der Waals surface area contributed by atoms with Crippen molar-refractivity contribution in [2.45, 2.75) is 4.90 Å². The van der Waals surface area contributed by atoms with Gasteiger partial charge in [0.2, 0.25) is 20.0 Å². The van der Waals surface area contributed by atoms with Crippen LogP contribution in [0.25, 0.3) is 0 Å². The average Bonchev–Trinajstić information content (AvgIpc) is 1.97. The summed E-state index contributed by atoms with van der Waals surface area (Å²) in [6.07, 6.45) is 0.856. The number of halogens is 1. The van der Waals surface area contributed by atoms with Gasteiger partial charge in [0.25, 0.3) is 0 Å². The Bertz CT molecular complexity index is 609. The maximum atomic E-state index is 13.0. The van der Waals surface area contributed by atoms with Crippen LogP contribution in [-0.4, -0.2) is 23.1 Å². The van der Waals surface area contributed by atoms with E-state index in [9.17, 15) is 21.2 Å². The molecular weight excluding hydrogens is 259 g/mol. The van der Waals surface area contributed by atoms with E-state index < -0.39 is 30.8 Å². The van der Waals surface area contributed by atoms with Crippen LogP contribution in [0.1, 0.15) is 0 Å². The van der Waals surface area contributed by atoms with Gasteiger partial charge in [0.15, 0.2) is 0 Å². The van der Waals surface area contributed by atoms with E-state index in [4.69, 9.17) is 5.14 Å². The van der Waals surface area contributed by atoms with Crippen LogP contribution >= 0.6 is 0 Å². The second-order valence-electron chi connectivity index (χ2n) is 3.09. The number of benzene rings is 1. The second kappa shape index (κ2) is 4.00. The maximum Gasteiger partial charge on any atom is 0.238 e. The maximum absolute atomic E-state index is 13.0. The lowest BCUT2D eigenvalue weighted by Gasteiger charge is -2.05. The molecule has 0 aliphatic carbocycles. The zero-order valence-electron chi connectivity index (χ0n) is 8.14. The highest BCUT2D eigenvalue weighted by Crippen LogP contribution is 2.17. The van der Waals surface area contributed by atoms with Crippen LogP contribution in [0.15, 0.2) is 23.1 Å². The van der Waals surface area contributed by atoms with Crippen molar-refractivity contribution in [2.24, 2.45) is 5.14 Å². The zero-order valence-corrected chi connectivity index (χ0v) is 9.77. The third kappa shape index (κ3) is 3.76. The van der Waals surface area contributed by atoms with E-state index in [-0.39, 0.29) is 5.69 Å². The number of primary sulfonamides is 1. The van der Waals surface area contributed by atoms with E-state index in [0.717, 1.165) is 18.4 Å². The van der Waals surface area contributed by atoms with Crippen molar-refractivity contribution >= 4 is 25.7 Å². The van der Waals surface area contributed by atoms with Gasteiger partial charge in [-0.05, 0) is 18.2 Å². The molecule has 16 heavy (non-hydrogen) atoms. The number of nitrogens with one attached hydrogen (secondary N) is 1. The number of hydrogen-bond donors (Lipinski definition) is 2. The standard InChI is InChI=1S/C7H9FN2O4S2/c1-15(11,12)10-6-2-5(8)3-7(4-6)16(9,13)14/h2-4,10H,1H3,(H2,9,13,14). The minimum atomic E-state index is -4.08. The summed E-state index contributed by atoms with van der Waals surface area (Å²) < 4.78 is 58.5. The van der Waals surface area contributed by atoms with E-state index in [2.05, 4.69) is 0 Å². The lowest BCUT2D eigenvalue weighted by Crippen LogP contribution is -2.14. The number of rotatable bonds is 3. The van der Waals surface area contributed by atoms with Crippen molar-refractivity contribution in [3.05, 3.63) is 24.0 Å². The SMILES string of the molecule is CS(=O)(=O)Nc1cc(F)cc(S(N)(=O)=O)c1. The topological polar surface area (TPSA) is 106 Å². The lowest BCUT2D eigenvalue weighted by atomic mass is 10.3. The van der Waals surface area contributed by atoms with Crippen molar-refractivity contribution in [1.82, 2.24) is 0 Å². The molecule has 0 saturated carbocycles. The molecule has 0 radical (unpaired) electrons. The summed E-state index contributed by atoms with van der Waals surface area (Å²) >= 11 is 0. The molecule has 1 aromatic rings. The fourth-order valence-electron chi connectivity index (χ4n) is 1.000. The van der Waals surface area contributed by atoms with Crippen molar-refractivity contribution in [3.63, 3.8) is 0 Å². The largest absolute Gasteiger partial charge is 0.284 e. The van der Waals surface area contributed by atoms with Crippen molar-refractivity contribution in [2.75, 3.05) is 11.0 Å². The van der Waals surface area contributed by atoms with Gasteiger partial charge in [-0.1, -0.05) is 0 Å². The summed E-state index contributed by atoms with van der Waals surface area (Å²) in [5, 5.41) is 4.79. The molecule has 90 valence electrons. The first kappa shape index (κ1) is 12.9. The van der Waals surface area contributed by atoms with Crippen LogP contribution in [-0.2, 0) is 20.0 Å². The molecular formula is C7H9FN2O4S2. The van der Waals surface area contributed by atoms with Gasteiger partial charge in [-0.3, -0.25) is 4.72 Å². The second-order valence-corrected chi connectivity index (χ2v) is 6.40. The summed E-state index contributed by atoms with van der Waals surface area (Å²) in [5.41, 5.74) is -0.202. The van der Waals surface area contributed by atoms with Crippen molar-refractivity contribution in [3.8, 4) is 0 Å². The Morgan fingerprint density at radius 1 is 1.19 bits per heavy atom. The monoisotopic (exact) mass is 268 g/mol. The predicted octanol–water partition coefficient (Wildman–Crippen LogP) is -0.155. The summed E-state index contributed by atoms with van der Waals surface area (Å²) in [7, 11) is -7.69. The molecule has 0 aromatic heterocycles. The first-order valence-electron chi connectivity index (χ1n) is 3.89. The first-order chi connectivity index (χ1) is 7.08. The Morgan fingerprint density at radius 3 is 2.19 bits per heavy atom. The molecule has 0 unspecified atom stereocenters. The zero-order chi connectivity index (χ0) is 12.6. The summed E-state index contributed by atoms with van der Waals surface area (Å²) in [4.78, 5) is -0.501. The van der Waals surface area contributed by atoms with Gasteiger partial charge in [0.05, 0.1) is 16.8 Å². The Balaban J connectivity index is 3.30. The number of anilines is 1. The molecule has 1 aromatic carbocycles. The molecule has 0 aliphatic rings. The summed E-state index contributed by atoms with van der Waals surface area (Å²) in [6, 6.07) is 2.47. The smallest absolute Gasteiger partial charge is 0.238 e. The molecule has 3 N–H and O–H groups in total. The summed E-state index contributed by atoms with van der Waals surface area (Å²) in [6.45, 7) is 0. The highest BCUT2D eigenvalue weighted by Gasteiger charge is 2.12. The Hall–Kier alpha value is -1.19. The third-order valence-electron chi connectivity index (χ3n) is 1.50. The Kier molecular flexibility index (Phi) is 3.22. The van der Waals surface area contributed by atoms with Gasteiger partial charge in [0.1, 0.15) is 5.82 Å². The Labute approximate surface area is 92.4 Å². The minimum absolute atomic E-state index is 0.202. The average molecular weight is 268 g/mol. The molecule has 6 nitrogen and oxygen atoms in total. The van der Waals surface area contributed by atoms with Crippen LogP contribution in [0.2, 0.25) is 0 Å². The van der Waals surface area contributed by atoms with Gasteiger partial charge >= 0.3 is 0 Å². The van der Waals surface area contributed by atoms with E-state index in [1.54, 1.807) is 0 Å². The van der Waals surface area contributed by atoms with Gasteiger partial charge in [0, 0.05) is 0 Å². The molecule has 0 saturated heterocycles. The molecule has 0 amide bonds. The van der Waals surface area contributed by atoms with E-state index in [0.29, 0.717) is 6.07 Å². The fraction of sp³-hybridized carbons (Fsp3) is 0.143. The molecule has 0 bridgehead atoms. The molecule has 0 atom stereocenters. The molecule has 0 spiro atoms. The van der Waals surface area contributed by atoms with Gasteiger partial charge in [-0.15, -0.1) is 0 Å². The summed E-state index contributed by atoms with van der Waals surface area (Å²) in [5.74, 6) is -0.905. The van der Waals surface area contributed by atoms with Crippen LogP contribution < -0.4 is 9.86 Å². The lowest BCUT2D eigenvalue weighted by molar-refractivity contribution is 0.592. The minimum Gasteiger partial charge on any atom is -0.284 e. The molecule has 9 heteroatoms. The van der Waals surface area contributed by atoms with Crippen LogP contribution in [0, 0.1) is 5.82 Å². The fourth-order valence-corrected chi connectivity index (χ4v) is 2.11. The molecule has 0 aliphatic heterocycles. The first-order valence-corrected chi connectivity index (χ1v) is 7.33. The third-order valence-corrected chi connectivity index (χ3v) is 3.00. The van der Waals surface area contributed by atoms with Gasteiger partial charge < -0.3 is 0 Å². The van der Waals surface area contributed by atoms with Crippen LogP contribution in [0.4, 0.5) is 10.1 Å². The van der Waals surface area contributed by atoms with Gasteiger partial charge in [-0.2, -0.15) is 0 Å². The molecule has 0 fully saturated rings. The number of hydrogen-bond acceptors (Lipinski definition) is 4. The van der Waals surface area contributed by atoms with Gasteiger partial charge in [-0.25, -0.2) is 26.4 Å².